The first-order chi connectivity index (χ1) is 9.01. The number of hydrogen-bond donors (Lipinski definition) is 1. The highest BCUT2D eigenvalue weighted by Crippen LogP contribution is 2.20. The number of ether oxygens (including phenoxy) is 1. The Kier molecular flexibility index (Phi) is 5.59. The first kappa shape index (κ1) is 15.3. The van der Waals surface area contributed by atoms with Crippen LogP contribution >= 0.6 is 0 Å². The van der Waals surface area contributed by atoms with Gasteiger partial charge in [-0.2, -0.15) is 0 Å². The number of carboxylic acid groups (broad SMARTS) is 1. The number of aliphatic carboxylic acids is 1. The summed E-state index contributed by atoms with van der Waals surface area (Å²) in [7, 11) is 0. The van der Waals surface area contributed by atoms with Crippen LogP contribution < -0.4 is 0 Å². The van der Waals surface area contributed by atoms with Gasteiger partial charge in [0.15, 0.2) is 0 Å². The highest BCUT2D eigenvalue weighted by Gasteiger charge is 2.37. The van der Waals surface area contributed by atoms with E-state index in [1.165, 1.54) is 9.80 Å². The number of hydrogen-bond acceptors (Lipinski definition) is 4. The fourth-order valence-corrected chi connectivity index (χ4v) is 2.14. The smallest absolute Gasteiger partial charge is 0.328 e. The number of urea groups is 1. The van der Waals surface area contributed by atoms with Crippen molar-refractivity contribution in [3.63, 3.8) is 0 Å². The average molecular weight is 272 g/mol. The molecule has 0 spiro atoms. The van der Waals surface area contributed by atoms with Crippen LogP contribution in [-0.2, 0) is 14.3 Å². The lowest BCUT2D eigenvalue weighted by molar-refractivity contribution is -0.147. The molecular formula is C12H20N2O5. The van der Waals surface area contributed by atoms with Crippen molar-refractivity contribution < 1.29 is 24.2 Å². The largest absolute Gasteiger partial charge is 0.480 e. The number of likely N-dealkylation sites (tertiary alicyclic amines) is 1. The molecular weight excluding hydrogens is 252 g/mol. The highest BCUT2D eigenvalue weighted by atomic mass is 16.5. The Morgan fingerprint density at radius 1 is 1.37 bits per heavy atom. The van der Waals surface area contributed by atoms with Crippen molar-refractivity contribution in [2.75, 3.05) is 26.2 Å². The van der Waals surface area contributed by atoms with Gasteiger partial charge in [-0.1, -0.05) is 0 Å². The molecule has 1 aliphatic rings. The minimum absolute atomic E-state index is 0.268. The number of rotatable bonds is 5. The van der Waals surface area contributed by atoms with Gasteiger partial charge in [0.25, 0.3) is 0 Å². The third kappa shape index (κ3) is 3.84. The van der Waals surface area contributed by atoms with Crippen LogP contribution in [0.5, 0.6) is 0 Å². The molecule has 1 N–H and O–H groups in total. The zero-order valence-corrected chi connectivity index (χ0v) is 11.3. The predicted octanol–water partition coefficient (Wildman–Crippen LogP) is 0.540. The number of carbonyl (C=O) groups is 3. The van der Waals surface area contributed by atoms with Gasteiger partial charge in [-0.25, -0.2) is 9.59 Å². The monoisotopic (exact) mass is 272 g/mol. The number of amides is 2. The third-order valence-corrected chi connectivity index (χ3v) is 3.04. The molecule has 0 aliphatic carbocycles. The standard InChI is InChI=1S/C12H20N2O5/c1-3-13(8-10(15)16)12(18)14-7-5-6-9(14)11(17)19-4-2/h9H,3-8H2,1-2H3,(H,15,16). The molecule has 1 heterocycles. The van der Waals surface area contributed by atoms with E-state index in [9.17, 15) is 14.4 Å². The Morgan fingerprint density at radius 2 is 2.05 bits per heavy atom. The van der Waals surface area contributed by atoms with E-state index in [0.29, 0.717) is 13.0 Å². The van der Waals surface area contributed by atoms with Crippen LogP contribution in [0.3, 0.4) is 0 Å². The van der Waals surface area contributed by atoms with E-state index in [0.717, 1.165) is 6.42 Å². The molecule has 7 heteroatoms. The number of esters is 1. The van der Waals surface area contributed by atoms with Gasteiger partial charge in [0.1, 0.15) is 12.6 Å². The van der Waals surface area contributed by atoms with Gasteiger partial charge in [0.2, 0.25) is 0 Å². The van der Waals surface area contributed by atoms with Gasteiger partial charge >= 0.3 is 18.0 Å². The van der Waals surface area contributed by atoms with Gasteiger partial charge in [-0.15, -0.1) is 0 Å². The average Bonchev–Trinajstić information content (AvgIpc) is 2.84. The molecule has 0 aromatic rings. The summed E-state index contributed by atoms with van der Waals surface area (Å²) in [4.78, 5) is 37.3. The number of nitrogens with zero attached hydrogens (tertiary/aromatic N) is 2. The second kappa shape index (κ2) is 6.96. The first-order valence-corrected chi connectivity index (χ1v) is 6.45. The molecule has 19 heavy (non-hydrogen) atoms. The van der Waals surface area contributed by atoms with E-state index in [4.69, 9.17) is 9.84 Å². The summed E-state index contributed by atoms with van der Waals surface area (Å²) in [5.74, 6) is -1.48. The van der Waals surface area contributed by atoms with Crippen molar-refractivity contribution in [3.8, 4) is 0 Å². The Hall–Kier alpha value is -1.79. The SMILES string of the molecule is CCOC(=O)C1CCCN1C(=O)N(CC)CC(=O)O. The minimum atomic E-state index is -1.07. The topological polar surface area (TPSA) is 87.2 Å². The van der Waals surface area contributed by atoms with Crippen LogP contribution in [0.2, 0.25) is 0 Å². The lowest BCUT2D eigenvalue weighted by Gasteiger charge is -2.29. The molecule has 0 aromatic carbocycles. The van der Waals surface area contributed by atoms with Crippen LogP contribution in [0.1, 0.15) is 26.7 Å². The third-order valence-electron chi connectivity index (χ3n) is 3.04. The molecule has 0 bridgehead atoms. The second-order valence-electron chi connectivity index (χ2n) is 4.29. The fraction of sp³-hybridized carbons (Fsp3) is 0.750. The quantitative estimate of drug-likeness (QED) is 0.738. The molecule has 108 valence electrons. The zero-order chi connectivity index (χ0) is 14.4. The minimum Gasteiger partial charge on any atom is -0.480 e. The summed E-state index contributed by atoms with van der Waals surface area (Å²) < 4.78 is 4.93. The van der Waals surface area contributed by atoms with Crippen LogP contribution in [0.15, 0.2) is 0 Å². The summed E-state index contributed by atoms with van der Waals surface area (Å²) >= 11 is 0. The molecule has 1 atom stereocenters. The Balaban J connectivity index is 2.73. The van der Waals surface area contributed by atoms with E-state index in [-0.39, 0.29) is 19.7 Å². The van der Waals surface area contributed by atoms with Crippen molar-refractivity contribution in [3.05, 3.63) is 0 Å². The number of carbonyl (C=O) groups excluding carboxylic acids is 2. The summed E-state index contributed by atoms with van der Waals surface area (Å²) in [6.45, 7) is 4.07. The Bertz CT molecular complexity index is 358. The maximum absolute atomic E-state index is 12.2. The lowest BCUT2D eigenvalue weighted by atomic mass is 10.2. The van der Waals surface area contributed by atoms with Crippen molar-refractivity contribution >= 4 is 18.0 Å². The molecule has 1 saturated heterocycles. The number of carboxylic acids is 1. The molecule has 0 saturated carbocycles. The summed E-state index contributed by atoms with van der Waals surface area (Å²) in [5.41, 5.74) is 0. The summed E-state index contributed by atoms with van der Waals surface area (Å²) in [6.07, 6.45) is 1.29. The Labute approximate surface area is 112 Å². The van der Waals surface area contributed by atoms with Crippen molar-refractivity contribution in [2.24, 2.45) is 0 Å². The fourth-order valence-electron chi connectivity index (χ4n) is 2.14. The lowest BCUT2D eigenvalue weighted by Crippen LogP contribution is -2.49. The molecule has 7 nitrogen and oxygen atoms in total. The summed E-state index contributed by atoms with van der Waals surface area (Å²) in [6, 6.07) is -1.00. The van der Waals surface area contributed by atoms with E-state index in [2.05, 4.69) is 0 Å². The molecule has 1 rings (SSSR count). The normalized spacial score (nSPS) is 18.2. The molecule has 0 aromatic heterocycles. The first-order valence-electron chi connectivity index (χ1n) is 6.45. The van der Waals surface area contributed by atoms with Gasteiger partial charge in [-0.05, 0) is 26.7 Å². The van der Waals surface area contributed by atoms with Gasteiger partial charge < -0.3 is 19.6 Å². The molecule has 0 radical (unpaired) electrons. The van der Waals surface area contributed by atoms with Crippen molar-refractivity contribution in [1.82, 2.24) is 9.80 Å². The molecule has 1 fully saturated rings. The van der Waals surface area contributed by atoms with Crippen molar-refractivity contribution in [2.45, 2.75) is 32.7 Å². The zero-order valence-electron chi connectivity index (χ0n) is 11.3. The maximum atomic E-state index is 12.2. The molecule has 1 aliphatic heterocycles. The van der Waals surface area contributed by atoms with E-state index >= 15 is 0 Å². The Morgan fingerprint density at radius 3 is 2.58 bits per heavy atom. The van der Waals surface area contributed by atoms with Crippen LogP contribution in [0.4, 0.5) is 4.79 Å². The maximum Gasteiger partial charge on any atom is 0.328 e. The predicted molar refractivity (Wildman–Crippen MR) is 66.6 cm³/mol. The van der Waals surface area contributed by atoms with Crippen LogP contribution in [0.25, 0.3) is 0 Å². The van der Waals surface area contributed by atoms with Gasteiger partial charge in [-0.3, -0.25) is 4.79 Å². The van der Waals surface area contributed by atoms with Gasteiger partial charge in [0.05, 0.1) is 6.61 Å². The van der Waals surface area contributed by atoms with E-state index in [1.54, 1.807) is 13.8 Å². The van der Waals surface area contributed by atoms with Crippen LogP contribution in [0, 0.1) is 0 Å². The van der Waals surface area contributed by atoms with Crippen LogP contribution in [-0.4, -0.2) is 65.2 Å². The van der Waals surface area contributed by atoms with E-state index < -0.39 is 24.0 Å². The molecule has 1 unspecified atom stereocenters. The highest BCUT2D eigenvalue weighted by molar-refractivity contribution is 5.86. The molecule has 2 amide bonds. The summed E-state index contributed by atoms with van der Waals surface area (Å²) in [5, 5.41) is 8.76. The second-order valence-corrected chi connectivity index (χ2v) is 4.29. The van der Waals surface area contributed by atoms with Crippen molar-refractivity contribution in [1.29, 1.82) is 0 Å². The number of likely N-dealkylation sites (N-methyl/N-ethyl adjacent to an activating group) is 1. The van der Waals surface area contributed by atoms with E-state index in [1.807, 2.05) is 0 Å². The van der Waals surface area contributed by atoms with Gasteiger partial charge in [0, 0.05) is 13.1 Å².